The first kappa shape index (κ1) is 20.6. The quantitative estimate of drug-likeness (QED) is 0.426. The molecule has 0 aromatic heterocycles. The van der Waals surface area contributed by atoms with E-state index in [-0.39, 0.29) is 12.5 Å². The van der Waals surface area contributed by atoms with Crippen LogP contribution in [0.1, 0.15) is 36.7 Å². The summed E-state index contributed by atoms with van der Waals surface area (Å²) >= 11 is 3.32. The van der Waals surface area contributed by atoms with Crippen molar-refractivity contribution in [3.63, 3.8) is 0 Å². The lowest BCUT2D eigenvalue weighted by Crippen LogP contribution is -2.27. The summed E-state index contributed by atoms with van der Waals surface area (Å²) in [7, 11) is 0. The van der Waals surface area contributed by atoms with Crippen molar-refractivity contribution < 1.29 is 19.1 Å². The molecular formula is C20H21BrN2O4. The van der Waals surface area contributed by atoms with Gasteiger partial charge in [0, 0.05) is 10.0 Å². The van der Waals surface area contributed by atoms with Crippen LogP contribution in [-0.4, -0.2) is 30.3 Å². The first-order chi connectivity index (χ1) is 12.7. The van der Waals surface area contributed by atoms with Crippen LogP contribution in [0, 0.1) is 0 Å². The lowest BCUT2D eigenvalue weighted by Gasteiger charge is -2.19. The van der Waals surface area contributed by atoms with Gasteiger partial charge in [-0.25, -0.2) is 10.2 Å². The molecule has 27 heavy (non-hydrogen) atoms. The highest BCUT2D eigenvalue weighted by molar-refractivity contribution is 9.10. The molecule has 0 aliphatic carbocycles. The van der Waals surface area contributed by atoms with Crippen LogP contribution in [0.3, 0.4) is 0 Å². The van der Waals surface area contributed by atoms with Crippen molar-refractivity contribution in [1.29, 1.82) is 0 Å². The van der Waals surface area contributed by atoms with Crippen LogP contribution in [0.5, 0.6) is 5.75 Å². The van der Waals surface area contributed by atoms with E-state index in [2.05, 4.69) is 26.5 Å². The molecule has 2 aromatic rings. The third kappa shape index (κ3) is 7.62. The maximum Gasteiger partial charge on any atom is 0.344 e. The Kier molecular flexibility index (Phi) is 7.12. The second kappa shape index (κ2) is 9.32. The molecule has 1 amide bonds. The van der Waals surface area contributed by atoms with E-state index in [1.165, 1.54) is 6.21 Å². The number of halogens is 1. The average molecular weight is 433 g/mol. The Labute approximate surface area is 166 Å². The van der Waals surface area contributed by atoms with Gasteiger partial charge in [-0.1, -0.05) is 15.9 Å². The topological polar surface area (TPSA) is 77.0 Å². The van der Waals surface area contributed by atoms with Gasteiger partial charge in [0.15, 0.2) is 6.61 Å². The van der Waals surface area contributed by atoms with E-state index >= 15 is 0 Å². The number of benzene rings is 2. The number of nitrogens with one attached hydrogen (secondary N) is 1. The van der Waals surface area contributed by atoms with Gasteiger partial charge < -0.3 is 9.47 Å². The summed E-state index contributed by atoms with van der Waals surface area (Å²) in [6.07, 6.45) is 1.52. The minimum Gasteiger partial charge on any atom is -0.482 e. The summed E-state index contributed by atoms with van der Waals surface area (Å²) in [6.45, 7) is 5.24. The normalized spacial score (nSPS) is 11.3. The Morgan fingerprint density at radius 3 is 2.30 bits per heavy atom. The number of hydrogen-bond acceptors (Lipinski definition) is 5. The standard InChI is InChI=1S/C20H21BrN2O4/c1-20(2,3)27-18(24)13-26-17-10-4-14(5-11-17)12-22-23-19(25)15-6-8-16(21)9-7-15/h4-12H,13H2,1-3H3,(H,23,25)/b22-12-. The molecule has 0 radical (unpaired) electrons. The molecule has 0 saturated heterocycles. The predicted octanol–water partition coefficient (Wildman–Crippen LogP) is 3.93. The molecule has 0 spiro atoms. The van der Waals surface area contributed by atoms with Crippen molar-refractivity contribution in [3.8, 4) is 5.75 Å². The molecule has 0 aliphatic heterocycles. The third-order valence-corrected chi connectivity index (χ3v) is 3.67. The largest absolute Gasteiger partial charge is 0.482 e. The minimum atomic E-state index is -0.540. The summed E-state index contributed by atoms with van der Waals surface area (Å²) < 4.78 is 11.5. The summed E-state index contributed by atoms with van der Waals surface area (Å²) in [6, 6.07) is 13.9. The lowest BCUT2D eigenvalue weighted by molar-refractivity contribution is -0.157. The maximum atomic E-state index is 11.9. The van der Waals surface area contributed by atoms with Crippen LogP contribution < -0.4 is 10.2 Å². The molecule has 0 atom stereocenters. The van der Waals surface area contributed by atoms with Crippen molar-refractivity contribution in [2.24, 2.45) is 5.10 Å². The highest BCUT2D eigenvalue weighted by Crippen LogP contribution is 2.13. The Balaban J connectivity index is 1.82. The molecule has 0 bridgehead atoms. The second-order valence-corrected chi connectivity index (χ2v) is 7.57. The zero-order valence-corrected chi connectivity index (χ0v) is 16.9. The monoisotopic (exact) mass is 432 g/mol. The van der Waals surface area contributed by atoms with Crippen LogP contribution in [0.15, 0.2) is 58.1 Å². The number of carbonyl (C=O) groups is 2. The predicted molar refractivity (Wildman–Crippen MR) is 107 cm³/mol. The van der Waals surface area contributed by atoms with Crippen LogP contribution in [0.4, 0.5) is 0 Å². The van der Waals surface area contributed by atoms with Gasteiger partial charge in [0.25, 0.3) is 5.91 Å². The van der Waals surface area contributed by atoms with Crippen molar-refractivity contribution in [1.82, 2.24) is 5.43 Å². The van der Waals surface area contributed by atoms with Gasteiger partial charge in [0.1, 0.15) is 11.4 Å². The Morgan fingerprint density at radius 1 is 1.07 bits per heavy atom. The van der Waals surface area contributed by atoms with Crippen LogP contribution in [0.2, 0.25) is 0 Å². The maximum absolute atomic E-state index is 11.9. The first-order valence-corrected chi connectivity index (χ1v) is 9.06. The summed E-state index contributed by atoms with van der Waals surface area (Å²) in [5.74, 6) is -0.184. The zero-order chi connectivity index (χ0) is 19.9. The highest BCUT2D eigenvalue weighted by Gasteiger charge is 2.16. The number of hydrazone groups is 1. The van der Waals surface area contributed by atoms with Crippen molar-refractivity contribution >= 4 is 34.0 Å². The molecule has 7 heteroatoms. The molecule has 2 rings (SSSR count). The minimum absolute atomic E-state index is 0.159. The lowest BCUT2D eigenvalue weighted by atomic mass is 10.2. The molecule has 142 valence electrons. The fourth-order valence-electron chi connectivity index (χ4n) is 1.99. The molecule has 6 nitrogen and oxygen atoms in total. The molecule has 2 aromatic carbocycles. The Bertz CT molecular complexity index is 809. The number of amides is 1. The third-order valence-electron chi connectivity index (χ3n) is 3.14. The zero-order valence-electron chi connectivity index (χ0n) is 15.4. The number of esters is 1. The Hall–Kier alpha value is -2.67. The van der Waals surface area contributed by atoms with Gasteiger partial charge in [-0.15, -0.1) is 0 Å². The smallest absolute Gasteiger partial charge is 0.344 e. The van der Waals surface area contributed by atoms with Crippen molar-refractivity contribution in [3.05, 3.63) is 64.1 Å². The second-order valence-electron chi connectivity index (χ2n) is 6.65. The fourth-order valence-corrected chi connectivity index (χ4v) is 2.26. The molecule has 0 saturated carbocycles. The van der Waals surface area contributed by atoms with E-state index in [0.29, 0.717) is 11.3 Å². The average Bonchev–Trinajstić information content (AvgIpc) is 2.60. The van der Waals surface area contributed by atoms with E-state index in [0.717, 1.165) is 10.0 Å². The van der Waals surface area contributed by atoms with Gasteiger partial charge in [0.2, 0.25) is 0 Å². The number of ether oxygens (including phenoxy) is 2. The summed E-state index contributed by atoms with van der Waals surface area (Å²) in [4.78, 5) is 23.6. The molecule has 0 fully saturated rings. The van der Waals surface area contributed by atoms with Gasteiger partial charge in [-0.05, 0) is 74.9 Å². The molecular weight excluding hydrogens is 412 g/mol. The number of nitrogens with zero attached hydrogens (tertiary/aromatic N) is 1. The molecule has 0 unspecified atom stereocenters. The number of rotatable bonds is 6. The molecule has 0 heterocycles. The summed E-state index contributed by atoms with van der Waals surface area (Å²) in [5, 5.41) is 3.93. The van der Waals surface area contributed by atoms with Crippen molar-refractivity contribution in [2.45, 2.75) is 26.4 Å². The van der Waals surface area contributed by atoms with E-state index in [9.17, 15) is 9.59 Å². The van der Waals surface area contributed by atoms with E-state index < -0.39 is 11.6 Å². The van der Waals surface area contributed by atoms with E-state index in [4.69, 9.17) is 9.47 Å². The SMILES string of the molecule is CC(C)(C)OC(=O)COc1ccc(/C=N\NC(=O)c2ccc(Br)cc2)cc1. The molecule has 0 aliphatic rings. The van der Waals surface area contributed by atoms with Gasteiger partial charge >= 0.3 is 5.97 Å². The molecule has 1 N–H and O–H groups in total. The van der Waals surface area contributed by atoms with E-state index in [1.54, 1.807) is 69.3 Å². The fraction of sp³-hybridized carbons (Fsp3) is 0.250. The van der Waals surface area contributed by atoms with E-state index in [1.807, 2.05) is 0 Å². The van der Waals surface area contributed by atoms with Crippen LogP contribution in [-0.2, 0) is 9.53 Å². The van der Waals surface area contributed by atoms with Crippen molar-refractivity contribution in [2.75, 3.05) is 6.61 Å². The van der Waals surface area contributed by atoms with Gasteiger partial charge in [-0.3, -0.25) is 4.79 Å². The first-order valence-electron chi connectivity index (χ1n) is 8.27. The number of hydrogen-bond donors (Lipinski definition) is 1. The summed E-state index contributed by atoms with van der Waals surface area (Å²) in [5.41, 5.74) is 3.21. The van der Waals surface area contributed by atoms with Crippen LogP contribution in [0.25, 0.3) is 0 Å². The Morgan fingerprint density at radius 2 is 1.70 bits per heavy atom. The number of carbonyl (C=O) groups excluding carboxylic acids is 2. The van der Waals surface area contributed by atoms with Crippen LogP contribution >= 0.6 is 15.9 Å². The highest BCUT2D eigenvalue weighted by atomic mass is 79.9. The van der Waals surface area contributed by atoms with Gasteiger partial charge in [0.05, 0.1) is 6.21 Å². The van der Waals surface area contributed by atoms with Gasteiger partial charge in [-0.2, -0.15) is 5.10 Å².